The van der Waals surface area contributed by atoms with Crippen LogP contribution in [0, 0.1) is 28.5 Å². The molecule has 0 unspecified atom stereocenters. The smallest absolute Gasteiger partial charge is 0.165 e. The van der Waals surface area contributed by atoms with Gasteiger partial charge in [0.05, 0.1) is 28.8 Å². The highest BCUT2D eigenvalue weighted by atomic mass is 35.5. The van der Waals surface area contributed by atoms with Crippen molar-refractivity contribution in [2.75, 3.05) is 38.8 Å². The fraction of sp³-hybridized carbons (Fsp3) is 0.607. The number of ether oxygens (including phenoxy) is 2. The highest BCUT2D eigenvalue weighted by Crippen LogP contribution is 2.33. The van der Waals surface area contributed by atoms with E-state index >= 15 is 0 Å². The molecule has 1 saturated heterocycles. The standard InChI is InChI=1S/C28H37ClFN5O2/c1-19(16-36-2)34-21-5-3-20(4-6-21)13-22-14-23(24(29)15-32-22)26-8-7-25(30)27(35-26)33-18-28(17-31)9-11-37-12-10-28/h7-8,14-15,19-21,34H,3-6,9-13,16,18H2,1-2H3,(H,33,35)/t19-,20?,21?/m0/s1. The van der Waals surface area contributed by atoms with Crippen molar-refractivity contribution in [3.63, 3.8) is 0 Å². The third-order valence-corrected chi connectivity index (χ3v) is 7.90. The summed E-state index contributed by atoms with van der Waals surface area (Å²) in [7, 11) is 1.73. The van der Waals surface area contributed by atoms with Crippen molar-refractivity contribution in [2.24, 2.45) is 11.3 Å². The molecule has 2 aromatic heterocycles. The summed E-state index contributed by atoms with van der Waals surface area (Å²) in [5.41, 5.74) is 1.70. The Morgan fingerprint density at radius 3 is 2.73 bits per heavy atom. The van der Waals surface area contributed by atoms with Crippen LogP contribution in [0.2, 0.25) is 5.02 Å². The Balaban J connectivity index is 1.41. The van der Waals surface area contributed by atoms with Crippen LogP contribution in [-0.2, 0) is 15.9 Å². The van der Waals surface area contributed by atoms with Gasteiger partial charge in [0.2, 0.25) is 0 Å². The van der Waals surface area contributed by atoms with Crippen molar-refractivity contribution in [1.29, 1.82) is 5.26 Å². The van der Waals surface area contributed by atoms with Gasteiger partial charge in [-0.1, -0.05) is 11.6 Å². The summed E-state index contributed by atoms with van der Waals surface area (Å²) in [6, 6.07) is 8.29. The minimum Gasteiger partial charge on any atom is -0.383 e. The Morgan fingerprint density at radius 1 is 1.27 bits per heavy atom. The lowest BCUT2D eigenvalue weighted by Gasteiger charge is -2.31. The molecule has 0 amide bonds. The van der Waals surface area contributed by atoms with E-state index < -0.39 is 11.2 Å². The highest BCUT2D eigenvalue weighted by Gasteiger charge is 2.33. The molecule has 1 aliphatic carbocycles. The van der Waals surface area contributed by atoms with Gasteiger partial charge in [0.25, 0.3) is 0 Å². The van der Waals surface area contributed by atoms with Crippen molar-refractivity contribution in [1.82, 2.24) is 15.3 Å². The van der Waals surface area contributed by atoms with Gasteiger partial charge in [0.15, 0.2) is 11.6 Å². The Hall–Kier alpha value is -2.31. The summed E-state index contributed by atoms with van der Waals surface area (Å²) in [6.45, 7) is 4.26. The van der Waals surface area contributed by atoms with Crippen LogP contribution in [0.3, 0.4) is 0 Å². The number of hydrogen-bond acceptors (Lipinski definition) is 7. The van der Waals surface area contributed by atoms with Crippen molar-refractivity contribution < 1.29 is 13.9 Å². The molecule has 0 radical (unpaired) electrons. The van der Waals surface area contributed by atoms with Crippen LogP contribution in [0.4, 0.5) is 10.2 Å². The monoisotopic (exact) mass is 529 g/mol. The number of methoxy groups -OCH3 is 1. The molecule has 0 bridgehead atoms. The van der Waals surface area contributed by atoms with Gasteiger partial charge >= 0.3 is 0 Å². The molecule has 2 aliphatic rings. The maximum Gasteiger partial charge on any atom is 0.165 e. The van der Waals surface area contributed by atoms with Crippen molar-refractivity contribution >= 4 is 17.4 Å². The maximum absolute atomic E-state index is 14.6. The highest BCUT2D eigenvalue weighted by molar-refractivity contribution is 6.33. The van der Waals surface area contributed by atoms with Gasteiger partial charge in [-0.2, -0.15) is 5.26 Å². The van der Waals surface area contributed by atoms with Crippen LogP contribution in [0.1, 0.15) is 51.1 Å². The number of nitrogens with one attached hydrogen (secondary N) is 2. The molecule has 37 heavy (non-hydrogen) atoms. The Bertz CT molecular complexity index is 1080. The summed E-state index contributed by atoms with van der Waals surface area (Å²) in [4.78, 5) is 9.11. The normalized spacial score (nSPS) is 22.2. The largest absolute Gasteiger partial charge is 0.383 e. The molecule has 3 heterocycles. The Morgan fingerprint density at radius 2 is 2.03 bits per heavy atom. The topological polar surface area (TPSA) is 92.1 Å². The van der Waals surface area contributed by atoms with Crippen molar-refractivity contribution in [3.05, 3.63) is 40.9 Å². The Kier molecular flexibility index (Phi) is 9.71. The minimum absolute atomic E-state index is 0.126. The summed E-state index contributed by atoms with van der Waals surface area (Å²) in [5.74, 6) is 0.235. The third-order valence-electron chi connectivity index (χ3n) is 7.60. The van der Waals surface area contributed by atoms with Crippen LogP contribution < -0.4 is 10.6 Å². The quantitative estimate of drug-likeness (QED) is 0.426. The maximum atomic E-state index is 14.6. The number of anilines is 1. The fourth-order valence-electron chi connectivity index (χ4n) is 5.38. The lowest BCUT2D eigenvalue weighted by molar-refractivity contribution is 0.0455. The number of rotatable bonds is 10. The van der Waals surface area contributed by atoms with E-state index in [1.54, 1.807) is 19.4 Å². The van der Waals surface area contributed by atoms with E-state index in [-0.39, 0.29) is 5.82 Å². The van der Waals surface area contributed by atoms with Crippen molar-refractivity contribution in [2.45, 2.75) is 64.0 Å². The molecule has 2 aromatic rings. The predicted octanol–water partition coefficient (Wildman–Crippen LogP) is 5.39. The second kappa shape index (κ2) is 13.0. The first-order chi connectivity index (χ1) is 17.9. The van der Waals surface area contributed by atoms with E-state index in [0.29, 0.717) is 61.3 Å². The van der Waals surface area contributed by atoms with Gasteiger partial charge in [-0.05, 0) is 76.0 Å². The summed E-state index contributed by atoms with van der Waals surface area (Å²) < 4.78 is 25.2. The average Bonchev–Trinajstić information content (AvgIpc) is 2.91. The van der Waals surface area contributed by atoms with Gasteiger partial charge in [-0.15, -0.1) is 0 Å². The van der Waals surface area contributed by atoms with E-state index in [0.717, 1.165) is 50.0 Å². The third kappa shape index (κ3) is 7.38. The predicted molar refractivity (Wildman–Crippen MR) is 143 cm³/mol. The van der Waals surface area contributed by atoms with E-state index in [2.05, 4.69) is 33.6 Å². The minimum atomic E-state index is -0.583. The SMILES string of the molecule is COC[C@H](C)NC1CCC(Cc2cc(-c3ccc(F)c(NCC4(C#N)CCOCC4)n3)c(Cl)cn2)CC1. The number of hydrogen-bond donors (Lipinski definition) is 2. The number of aromatic nitrogens is 2. The zero-order chi connectivity index (χ0) is 26.3. The van der Waals surface area contributed by atoms with Crippen LogP contribution in [0.15, 0.2) is 24.4 Å². The number of nitrogens with zero attached hydrogens (tertiary/aromatic N) is 3. The molecule has 1 atom stereocenters. The number of pyridine rings is 2. The van der Waals surface area contributed by atoms with Crippen LogP contribution in [-0.4, -0.2) is 55.5 Å². The summed E-state index contributed by atoms with van der Waals surface area (Å²) >= 11 is 6.51. The zero-order valence-corrected chi connectivity index (χ0v) is 22.5. The first kappa shape index (κ1) is 27.7. The summed E-state index contributed by atoms with van der Waals surface area (Å²) in [5, 5.41) is 16.9. The van der Waals surface area contributed by atoms with Gasteiger partial charge in [-0.25, -0.2) is 9.37 Å². The van der Waals surface area contributed by atoms with Crippen LogP contribution in [0.5, 0.6) is 0 Å². The van der Waals surface area contributed by atoms with Gasteiger partial charge in [-0.3, -0.25) is 4.98 Å². The van der Waals surface area contributed by atoms with Crippen molar-refractivity contribution in [3.8, 4) is 17.3 Å². The lowest BCUT2D eigenvalue weighted by Crippen LogP contribution is -2.41. The first-order valence-corrected chi connectivity index (χ1v) is 13.6. The van der Waals surface area contributed by atoms with Crippen LogP contribution in [0.25, 0.3) is 11.3 Å². The second-order valence-corrected chi connectivity index (χ2v) is 10.9. The first-order valence-electron chi connectivity index (χ1n) is 13.2. The zero-order valence-electron chi connectivity index (χ0n) is 21.7. The van der Waals surface area contributed by atoms with E-state index in [9.17, 15) is 9.65 Å². The van der Waals surface area contributed by atoms with Gasteiger partial charge in [0.1, 0.15) is 0 Å². The molecule has 0 aromatic carbocycles. The second-order valence-electron chi connectivity index (χ2n) is 10.5. The van der Waals surface area contributed by atoms with E-state index in [1.807, 2.05) is 6.07 Å². The average molecular weight is 530 g/mol. The van der Waals surface area contributed by atoms with Crippen LogP contribution >= 0.6 is 11.6 Å². The molecular weight excluding hydrogens is 493 g/mol. The molecule has 7 nitrogen and oxygen atoms in total. The molecule has 1 aliphatic heterocycles. The number of nitriles is 1. The molecule has 200 valence electrons. The van der Waals surface area contributed by atoms with E-state index in [1.165, 1.54) is 6.07 Å². The fourth-order valence-corrected chi connectivity index (χ4v) is 5.58. The summed E-state index contributed by atoms with van der Waals surface area (Å²) in [6.07, 6.45) is 8.34. The molecule has 0 spiro atoms. The van der Waals surface area contributed by atoms with Gasteiger partial charge in [0, 0.05) is 56.4 Å². The van der Waals surface area contributed by atoms with E-state index in [4.69, 9.17) is 21.1 Å². The lowest BCUT2D eigenvalue weighted by atomic mass is 9.82. The Labute approximate surface area is 224 Å². The number of halogens is 2. The molecule has 4 rings (SSSR count). The molecular formula is C28H37ClFN5O2. The molecule has 2 fully saturated rings. The molecule has 1 saturated carbocycles. The molecule has 9 heteroatoms. The molecule has 2 N–H and O–H groups in total. The van der Waals surface area contributed by atoms with Gasteiger partial charge < -0.3 is 20.1 Å².